The molecular formula is C59H58N4O. The molecule has 5 heteroatoms. The van der Waals surface area contributed by atoms with Gasteiger partial charge in [0, 0.05) is 48.0 Å². The third kappa shape index (κ3) is 6.64. The van der Waals surface area contributed by atoms with Crippen LogP contribution >= 0.6 is 0 Å². The molecule has 8 aliphatic rings. The first-order chi connectivity index (χ1) is 31.5. The highest BCUT2D eigenvalue weighted by Crippen LogP contribution is 2.56. The van der Waals surface area contributed by atoms with Gasteiger partial charge < -0.3 is 14.5 Å². The highest BCUT2D eigenvalue weighted by Gasteiger charge is 2.53. The fraction of sp³-hybridized carbons (Fsp3) is 0.322. The Labute approximate surface area is 379 Å². The SMILES string of the molecule is CN1C(C2CC=CCC2)=NC(C2CC(c3cc(C4(C)C=CCCC4)ccc3-c3ccccc3)=CC=C2N2c3ccccc3C3C=CC4OC5=C(C=CCC5)C4C32)=NC1c1ccccc1. The second-order valence-electron chi connectivity index (χ2n) is 19.5. The Kier molecular flexibility index (Phi) is 9.91. The summed E-state index contributed by atoms with van der Waals surface area (Å²) in [6.45, 7) is 2.43. The average molecular weight is 839 g/mol. The van der Waals surface area contributed by atoms with E-state index in [2.05, 4.69) is 188 Å². The van der Waals surface area contributed by atoms with E-state index in [1.54, 1.807) is 0 Å². The minimum absolute atomic E-state index is 0.00377. The zero-order valence-electron chi connectivity index (χ0n) is 37.2. The van der Waals surface area contributed by atoms with Gasteiger partial charge in [-0.1, -0.05) is 147 Å². The molecule has 4 aromatic carbocycles. The summed E-state index contributed by atoms with van der Waals surface area (Å²) < 4.78 is 6.83. The first kappa shape index (κ1) is 39.4. The van der Waals surface area contributed by atoms with Crippen LogP contribution in [-0.4, -0.2) is 35.8 Å². The number of hydrogen-bond donors (Lipinski definition) is 0. The molecular weight excluding hydrogens is 781 g/mol. The Morgan fingerprint density at radius 1 is 0.797 bits per heavy atom. The highest BCUT2D eigenvalue weighted by molar-refractivity contribution is 6.04. The largest absolute Gasteiger partial charge is 0.490 e. The van der Waals surface area contributed by atoms with Gasteiger partial charge in [-0.25, -0.2) is 9.98 Å². The normalized spacial score (nSPS) is 30.1. The number of aliphatic imine (C=N–C) groups is 2. The Hall–Kier alpha value is -6.20. The molecule has 0 spiro atoms. The van der Waals surface area contributed by atoms with Crippen LogP contribution in [0.4, 0.5) is 5.69 Å². The van der Waals surface area contributed by atoms with Gasteiger partial charge in [-0.3, -0.25) is 0 Å². The third-order valence-electron chi connectivity index (χ3n) is 15.7. The number of para-hydroxylation sites is 1. The lowest BCUT2D eigenvalue weighted by Crippen LogP contribution is -2.48. The molecule has 0 saturated carbocycles. The molecule has 12 rings (SSSR count). The number of nitrogens with zero attached hydrogens (tertiary/aromatic N) is 4. The Bertz CT molecular complexity index is 2770. The van der Waals surface area contributed by atoms with Gasteiger partial charge in [0.2, 0.25) is 0 Å². The maximum Gasteiger partial charge on any atom is 0.149 e. The number of ether oxygens (including phenoxy) is 1. The summed E-state index contributed by atoms with van der Waals surface area (Å²) in [5.74, 6) is 3.99. The quantitative estimate of drug-likeness (QED) is 0.174. The molecule has 8 unspecified atom stereocenters. The van der Waals surface area contributed by atoms with Crippen LogP contribution in [0.5, 0.6) is 0 Å². The van der Waals surface area contributed by atoms with Crippen molar-refractivity contribution in [3.63, 3.8) is 0 Å². The maximum absolute atomic E-state index is 6.83. The molecule has 64 heavy (non-hydrogen) atoms. The van der Waals surface area contributed by atoms with Crippen molar-refractivity contribution in [2.24, 2.45) is 27.7 Å². The molecule has 3 heterocycles. The van der Waals surface area contributed by atoms with Crippen molar-refractivity contribution >= 4 is 22.9 Å². The van der Waals surface area contributed by atoms with Crippen molar-refractivity contribution in [1.82, 2.24) is 4.90 Å². The summed E-state index contributed by atoms with van der Waals surface area (Å²) in [6.07, 6.45) is 33.4. The highest BCUT2D eigenvalue weighted by atomic mass is 16.5. The van der Waals surface area contributed by atoms with E-state index in [9.17, 15) is 0 Å². The van der Waals surface area contributed by atoms with Crippen LogP contribution in [0.25, 0.3) is 16.7 Å². The van der Waals surface area contributed by atoms with Crippen LogP contribution in [0, 0.1) is 17.8 Å². The Morgan fingerprint density at radius 3 is 2.47 bits per heavy atom. The van der Waals surface area contributed by atoms with E-state index < -0.39 is 0 Å². The number of hydrogen-bond acceptors (Lipinski definition) is 5. The molecule has 5 aliphatic carbocycles. The van der Waals surface area contributed by atoms with Crippen LogP contribution in [0.2, 0.25) is 0 Å². The first-order valence-electron chi connectivity index (χ1n) is 24.0. The van der Waals surface area contributed by atoms with Crippen molar-refractivity contribution in [1.29, 1.82) is 0 Å². The van der Waals surface area contributed by atoms with Crippen molar-refractivity contribution in [3.05, 3.63) is 203 Å². The zero-order valence-corrected chi connectivity index (χ0v) is 37.2. The van der Waals surface area contributed by atoms with Crippen molar-refractivity contribution in [2.45, 2.75) is 94.4 Å². The smallest absolute Gasteiger partial charge is 0.149 e. The van der Waals surface area contributed by atoms with Crippen molar-refractivity contribution in [2.75, 3.05) is 11.9 Å². The average Bonchev–Trinajstić information content (AvgIpc) is 3.91. The summed E-state index contributed by atoms with van der Waals surface area (Å²) in [5.41, 5.74) is 13.1. The fourth-order valence-electron chi connectivity index (χ4n) is 12.4. The molecule has 4 aromatic rings. The van der Waals surface area contributed by atoms with Crippen LogP contribution in [0.15, 0.2) is 191 Å². The summed E-state index contributed by atoms with van der Waals surface area (Å²) in [4.78, 5) is 16.7. The fourth-order valence-corrected chi connectivity index (χ4v) is 12.4. The predicted molar refractivity (Wildman–Crippen MR) is 263 cm³/mol. The predicted octanol–water partition coefficient (Wildman–Crippen LogP) is 13.6. The van der Waals surface area contributed by atoms with E-state index in [-0.39, 0.29) is 41.5 Å². The van der Waals surface area contributed by atoms with E-state index in [1.807, 2.05) is 0 Å². The molecule has 0 aromatic heterocycles. The first-order valence-corrected chi connectivity index (χ1v) is 24.0. The van der Waals surface area contributed by atoms with E-state index in [1.165, 1.54) is 68.1 Å². The number of fused-ring (bicyclic) bond motifs is 6. The lowest BCUT2D eigenvalue weighted by Gasteiger charge is -2.43. The summed E-state index contributed by atoms with van der Waals surface area (Å²) in [7, 11) is 2.22. The molecule has 0 saturated heterocycles. The molecule has 0 bridgehead atoms. The second-order valence-corrected chi connectivity index (χ2v) is 19.5. The molecule has 5 nitrogen and oxygen atoms in total. The van der Waals surface area contributed by atoms with Crippen LogP contribution < -0.4 is 4.90 Å². The van der Waals surface area contributed by atoms with Gasteiger partial charge in [0.25, 0.3) is 0 Å². The lowest BCUT2D eigenvalue weighted by atomic mass is 9.73. The van der Waals surface area contributed by atoms with Crippen LogP contribution in [-0.2, 0) is 10.2 Å². The monoisotopic (exact) mass is 838 g/mol. The molecule has 0 amide bonds. The lowest BCUT2D eigenvalue weighted by molar-refractivity contribution is 0.130. The van der Waals surface area contributed by atoms with Gasteiger partial charge in [0.05, 0.1) is 12.0 Å². The molecule has 8 atom stereocenters. The Morgan fingerprint density at radius 2 is 1.64 bits per heavy atom. The second kappa shape index (κ2) is 16.1. The summed E-state index contributed by atoms with van der Waals surface area (Å²) in [5, 5.41) is 0. The van der Waals surface area contributed by atoms with E-state index >= 15 is 0 Å². The van der Waals surface area contributed by atoms with E-state index in [4.69, 9.17) is 14.7 Å². The maximum atomic E-state index is 6.83. The van der Waals surface area contributed by atoms with Gasteiger partial charge in [0.15, 0.2) is 0 Å². The standard InChI is InChI=1S/C59H58N4O/c1-59(35-17-6-18-36-59)43-30-31-44(39-19-7-3-8-20-39)48(38-43)42-29-33-51(49(37-42)56-60-57(40-21-9-4-10-22-40)62(2)58(61-56)41-23-11-5-12-24-41)63-50-27-15-13-25-45(50)46-32-34-53-54(55(46)63)47-26-14-16-28-52(47)64-53/h3-5,7-11,13-15,17,19-22,25-27,29-35,38,41,46,49,53-55,57H,6,12,16,18,23-24,28,36-37H2,1-2H3. The number of allylic oxidation sites excluding steroid dienone is 10. The topological polar surface area (TPSA) is 40.4 Å². The van der Waals surface area contributed by atoms with E-state index in [0.717, 1.165) is 63.0 Å². The zero-order chi connectivity index (χ0) is 42.8. The number of amidine groups is 2. The third-order valence-corrected chi connectivity index (χ3v) is 15.7. The van der Waals surface area contributed by atoms with Gasteiger partial charge in [-0.15, -0.1) is 0 Å². The van der Waals surface area contributed by atoms with Gasteiger partial charge in [-0.2, -0.15) is 0 Å². The number of rotatable bonds is 7. The van der Waals surface area contributed by atoms with Gasteiger partial charge in [-0.05, 0) is 120 Å². The molecule has 0 fully saturated rings. The van der Waals surface area contributed by atoms with Gasteiger partial charge >= 0.3 is 0 Å². The van der Waals surface area contributed by atoms with Crippen molar-refractivity contribution < 1.29 is 4.74 Å². The van der Waals surface area contributed by atoms with E-state index in [0.29, 0.717) is 5.92 Å². The summed E-state index contributed by atoms with van der Waals surface area (Å²) >= 11 is 0. The van der Waals surface area contributed by atoms with Crippen LogP contribution in [0.3, 0.4) is 0 Å². The Balaban J connectivity index is 1.07. The molecule has 0 N–H and O–H groups in total. The molecule has 0 radical (unpaired) electrons. The minimum atomic E-state index is -0.171. The van der Waals surface area contributed by atoms with Crippen LogP contribution in [0.1, 0.15) is 99.0 Å². The molecule has 3 aliphatic heterocycles. The van der Waals surface area contributed by atoms with Crippen molar-refractivity contribution in [3.8, 4) is 11.1 Å². The molecule has 320 valence electrons. The minimum Gasteiger partial charge on any atom is -0.490 e. The van der Waals surface area contributed by atoms with Gasteiger partial charge in [0.1, 0.15) is 29.7 Å². The summed E-state index contributed by atoms with van der Waals surface area (Å²) in [6, 6.07) is 38.6. The number of anilines is 1. The number of benzene rings is 4.